The smallest absolute Gasteiger partial charge is 0.325 e. The summed E-state index contributed by atoms with van der Waals surface area (Å²) >= 11 is 0. The highest BCUT2D eigenvalue weighted by molar-refractivity contribution is 6.01. The fourth-order valence-electron chi connectivity index (χ4n) is 3.60. The van der Waals surface area contributed by atoms with Crippen molar-refractivity contribution in [2.75, 3.05) is 31.6 Å². The maximum absolute atomic E-state index is 12.3. The summed E-state index contributed by atoms with van der Waals surface area (Å²) in [7, 11) is 0. The Morgan fingerprint density at radius 1 is 1.14 bits per heavy atom. The number of hydrogen-bond donors (Lipinski definition) is 2. The molecule has 0 saturated heterocycles. The molecule has 0 fully saturated rings. The van der Waals surface area contributed by atoms with E-state index in [0.29, 0.717) is 30.4 Å². The molecule has 2 aliphatic rings. The molecule has 3 amide bonds. The Labute approximate surface area is 163 Å². The molecule has 8 heteroatoms. The zero-order valence-electron chi connectivity index (χ0n) is 15.8. The van der Waals surface area contributed by atoms with Crippen LogP contribution in [0.3, 0.4) is 0 Å². The molecule has 0 aliphatic carbocycles. The molecule has 1 aromatic carbocycles. The van der Waals surface area contributed by atoms with Crippen LogP contribution in [0.2, 0.25) is 0 Å². The van der Waals surface area contributed by atoms with Crippen molar-refractivity contribution in [3.05, 3.63) is 42.2 Å². The van der Waals surface area contributed by atoms with Gasteiger partial charge in [-0.2, -0.15) is 0 Å². The Bertz CT molecular complexity index is 879. The number of carbonyl (C=O) groups is 2. The van der Waals surface area contributed by atoms with Crippen molar-refractivity contribution in [3.8, 4) is 11.5 Å². The number of anilines is 1. The first kappa shape index (κ1) is 18.4. The molecule has 2 aliphatic heterocycles. The minimum Gasteiger partial charge on any atom is -0.490 e. The number of fused-ring (bicyclic) bond motifs is 2. The number of urea groups is 1. The number of ether oxygens (including phenoxy) is 2. The number of rotatable bonds is 3. The lowest BCUT2D eigenvalue weighted by Crippen LogP contribution is -2.45. The molecule has 3 heterocycles. The second kappa shape index (κ2) is 7.93. The zero-order chi connectivity index (χ0) is 19.5. The average molecular weight is 384 g/mol. The van der Waals surface area contributed by atoms with Gasteiger partial charge in [0.1, 0.15) is 0 Å². The van der Waals surface area contributed by atoms with Gasteiger partial charge in [-0.15, -0.1) is 0 Å². The molecule has 0 saturated carbocycles. The second-order valence-electron chi connectivity index (χ2n) is 6.99. The Morgan fingerprint density at radius 2 is 1.96 bits per heavy atom. The molecule has 2 aromatic rings. The lowest BCUT2D eigenvalue weighted by atomic mass is 10.1. The minimum atomic E-state index is -0.562. The first-order chi connectivity index (χ1) is 13.6. The Hall–Kier alpha value is -3.00. The van der Waals surface area contributed by atoms with Gasteiger partial charge in [0.25, 0.3) is 0 Å². The number of amides is 3. The van der Waals surface area contributed by atoms with Crippen molar-refractivity contribution in [3.63, 3.8) is 0 Å². The summed E-state index contributed by atoms with van der Waals surface area (Å²) in [5.41, 5.74) is 1.72. The van der Waals surface area contributed by atoms with Crippen LogP contribution in [0.5, 0.6) is 11.5 Å². The standard InChI is InChI=1S/C20H24N4O4/c1-14-16-4-2-7-23(16)8-9-24(14)13-19(25)22-20(26)21-15-5-6-17-18(12-15)28-11-3-10-27-17/h2,4-7,12,14H,3,8-11,13H2,1H3,(H2,21,22,25,26)/t14-/m1/s1. The topological polar surface area (TPSA) is 84.8 Å². The second-order valence-corrected chi connectivity index (χ2v) is 6.99. The van der Waals surface area contributed by atoms with Crippen LogP contribution in [-0.2, 0) is 11.3 Å². The number of nitrogens with zero attached hydrogens (tertiary/aromatic N) is 2. The molecule has 148 valence electrons. The molecular weight excluding hydrogens is 360 g/mol. The van der Waals surface area contributed by atoms with Crippen molar-refractivity contribution >= 4 is 17.6 Å². The molecule has 0 spiro atoms. The largest absolute Gasteiger partial charge is 0.490 e. The normalized spacial score (nSPS) is 18.7. The number of hydrogen-bond acceptors (Lipinski definition) is 5. The van der Waals surface area contributed by atoms with Gasteiger partial charge in [-0.1, -0.05) is 0 Å². The quantitative estimate of drug-likeness (QED) is 0.849. The maximum Gasteiger partial charge on any atom is 0.325 e. The third-order valence-corrected chi connectivity index (χ3v) is 5.07. The van der Waals surface area contributed by atoms with Crippen LogP contribution >= 0.6 is 0 Å². The van der Waals surface area contributed by atoms with E-state index in [9.17, 15) is 9.59 Å². The monoisotopic (exact) mass is 384 g/mol. The van der Waals surface area contributed by atoms with E-state index in [1.165, 1.54) is 5.69 Å². The molecule has 28 heavy (non-hydrogen) atoms. The average Bonchev–Trinajstić information content (AvgIpc) is 3.03. The molecule has 1 atom stereocenters. The summed E-state index contributed by atoms with van der Waals surface area (Å²) in [5.74, 6) is 0.911. The van der Waals surface area contributed by atoms with Crippen molar-refractivity contribution in [1.29, 1.82) is 0 Å². The summed E-state index contributed by atoms with van der Waals surface area (Å²) in [6, 6.07) is 8.81. The Kier molecular flexibility index (Phi) is 5.21. The molecule has 2 N–H and O–H groups in total. The lowest BCUT2D eigenvalue weighted by molar-refractivity contribution is -0.121. The van der Waals surface area contributed by atoms with Crippen LogP contribution < -0.4 is 20.1 Å². The van der Waals surface area contributed by atoms with Gasteiger partial charge in [0.05, 0.1) is 19.8 Å². The highest BCUT2D eigenvalue weighted by Gasteiger charge is 2.25. The van der Waals surface area contributed by atoms with Gasteiger partial charge >= 0.3 is 6.03 Å². The predicted octanol–water partition coefficient (Wildman–Crippen LogP) is 2.37. The third-order valence-electron chi connectivity index (χ3n) is 5.07. The van der Waals surface area contributed by atoms with E-state index in [4.69, 9.17) is 9.47 Å². The fraction of sp³-hybridized carbons (Fsp3) is 0.400. The Morgan fingerprint density at radius 3 is 2.82 bits per heavy atom. The van der Waals surface area contributed by atoms with E-state index in [0.717, 1.165) is 19.5 Å². The van der Waals surface area contributed by atoms with Gasteiger partial charge in [0, 0.05) is 49.2 Å². The molecule has 0 unspecified atom stereocenters. The summed E-state index contributed by atoms with van der Waals surface area (Å²) in [4.78, 5) is 26.6. The van der Waals surface area contributed by atoms with Crippen LogP contribution in [0.15, 0.2) is 36.5 Å². The number of benzene rings is 1. The van der Waals surface area contributed by atoms with Crippen LogP contribution in [0.4, 0.5) is 10.5 Å². The van der Waals surface area contributed by atoms with E-state index >= 15 is 0 Å². The maximum atomic E-state index is 12.3. The van der Waals surface area contributed by atoms with Crippen LogP contribution in [0.25, 0.3) is 0 Å². The van der Waals surface area contributed by atoms with Crippen LogP contribution in [0.1, 0.15) is 25.1 Å². The zero-order valence-corrected chi connectivity index (χ0v) is 15.8. The van der Waals surface area contributed by atoms with Gasteiger partial charge in [0.15, 0.2) is 11.5 Å². The van der Waals surface area contributed by atoms with Crippen molar-refractivity contribution in [1.82, 2.24) is 14.8 Å². The van der Waals surface area contributed by atoms with Gasteiger partial charge in [-0.25, -0.2) is 4.79 Å². The molecule has 0 radical (unpaired) electrons. The molecular formula is C20H24N4O4. The number of carbonyl (C=O) groups excluding carboxylic acids is 2. The summed E-state index contributed by atoms with van der Waals surface area (Å²) < 4.78 is 13.4. The highest BCUT2D eigenvalue weighted by Crippen LogP contribution is 2.32. The predicted molar refractivity (Wildman–Crippen MR) is 104 cm³/mol. The highest BCUT2D eigenvalue weighted by atomic mass is 16.5. The number of nitrogens with one attached hydrogen (secondary N) is 2. The van der Waals surface area contributed by atoms with E-state index in [2.05, 4.69) is 33.1 Å². The SMILES string of the molecule is C[C@@H]1c2cccn2CCN1CC(=O)NC(=O)Nc1ccc2c(c1)OCCCO2. The first-order valence-electron chi connectivity index (χ1n) is 9.50. The summed E-state index contributed by atoms with van der Waals surface area (Å²) in [6.45, 7) is 5.01. The van der Waals surface area contributed by atoms with E-state index in [1.807, 2.05) is 12.3 Å². The molecule has 0 bridgehead atoms. The molecule has 4 rings (SSSR count). The van der Waals surface area contributed by atoms with Gasteiger partial charge in [-0.3, -0.25) is 15.0 Å². The molecule has 1 aromatic heterocycles. The van der Waals surface area contributed by atoms with Crippen molar-refractivity contribution in [2.45, 2.75) is 25.9 Å². The van der Waals surface area contributed by atoms with E-state index in [1.54, 1.807) is 18.2 Å². The minimum absolute atomic E-state index is 0.124. The van der Waals surface area contributed by atoms with Crippen LogP contribution in [0, 0.1) is 0 Å². The fourth-order valence-corrected chi connectivity index (χ4v) is 3.60. The Balaban J connectivity index is 1.31. The summed E-state index contributed by atoms with van der Waals surface area (Å²) in [5, 5.41) is 5.07. The van der Waals surface area contributed by atoms with E-state index in [-0.39, 0.29) is 18.5 Å². The van der Waals surface area contributed by atoms with Crippen molar-refractivity contribution in [2.24, 2.45) is 0 Å². The third kappa shape index (κ3) is 3.96. The number of imide groups is 1. The van der Waals surface area contributed by atoms with Crippen molar-refractivity contribution < 1.29 is 19.1 Å². The van der Waals surface area contributed by atoms with Gasteiger partial charge in [-0.05, 0) is 31.2 Å². The first-order valence-corrected chi connectivity index (χ1v) is 9.50. The summed E-state index contributed by atoms with van der Waals surface area (Å²) in [6.07, 6.45) is 2.86. The van der Waals surface area contributed by atoms with Crippen LogP contribution in [-0.4, -0.2) is 47.7 Å². The number of aromatic nitrogens is 1. The van der Waals surface area contributed by atoms with Gasteiger partial charge in [0.2, 0.25) is 5.91 Å². The van der Waals surface area contributed by atoms with Gasteiger partial charge < -0.3 is 19.4 Å². The van der Waals surface area contributed by atoms with E-state index < -0.39 is 6.03 Å². The lowest BCUT2D eigenvalue weighted by Gasteiger charge is -2.34. The molecule has 8 nitrogen and oxygen atoms in total.